The minimum absolute atomic E-state index is 0.00368. The zero-order valence-corrected chi connectivity index (χ0v) is 15.7. The van der Waals surface area contributed by atoms with Gasteiger partial charge in [-0.25, -0.2) is 17.5 Å². The van der Waals surface area contributed by atoms with Gasteiger partial charge in [0.2, 0.25) is 10.0 Å². The van der Waals surface area contributed by atoms with Crippen LogP contribution in [0.25, 0.3) is 0 Å². The maximum Gasteiger partial charge on any atom is 0.255 e. The summed E-state index contributed by atoms with van der Waals surface area (Å²) in [5.41, 5.74) is 1.23. The average Bonchev–Trinajstić information content (AvgIpc) is 3.16. The van der Waals surface area contributed by atoms with Gasteiger partial charge in [-0.3, -0.25) is 4.79 Å². The van der Waals surface area contributed by atoms with Gasteiger partial charge >= 0.3 is 0 Å². The Balaban J connectivity index is 1.72. The lowest BCUT2D eigenvalue weighted by atomic mass is 10.1. The van der Waals surface area contributed by atoms with Crippen molar-refractivity contribution < 1.29 is 22.3 Å². The van der Waals surface area contributed by atoms with E-state index < -0.39 is 21.7 Å². The van der Waals surface area contributed by atoms with Crippen LogP contribution < -0.4 is 10.0 Å². The molecule has 0 saturated carbocycles. The molecule has 0 spiro atoms. The molecule has 1 saturated heterocycles. The van der Waals surface area contributed by atoms with E-state index in [0.29, 0.717) is 17.9 Å². The Morgan fingerprint density at radius 2 is 2.07 bits per heavy atom. The summed E-state index contributed by atoms with van der Waals surface area (Å²) in [5, 5.41) is 2.67. The van der Waals surface area contributed by atoms with Crippen LogP contribution in [0.3, 0.4) is 0 Å². The summed E-state index contributed by atoms with van der Waals surface area (Å²) < 4.78 is 46.1. The van der Waals surface area contributed by atoms with Crippen LogP contribution in [0, 0.1) is 12.7 Å². The van der Waals surface area contributed by atoms with E-state index in [1.807, 2.05) is 0 Å². The summed E-state index contributed by atoms with van der Waals surface area (Å²) in [6, 6.07) is 9.79. The summed E-state index contributed by atoms with van der Waals surface area (Å²) in [5.74, 6) is -0.864. The van der Waals surface area contributed by atoms with E-state index in [0.717, 1.165) is 12.8 Å². The zero-order valence-electron chi connectivity index (χ0n) is 14.9. The first kappa shape index (κ1) is 19.5. The second-order valence-electron chi connectivity index (χ2n) is 6.43. The standard InChI is InChI=1S/C19H21FN2O4S/c1-13-10-15(20)7-8-18(13)22-19(23)14-4-2-6-17(11-14)27(24,25)21-12-16-5-3-9-26-16/h2,4,6-8,10-11,16,21H,3,5,9,12H2,1H3,(H,22,23). The number of nitrogens with one attached hydrogen (secondary N) is 2. The molecule has 0 bridgehead atoms. The highest BCUT2D eigenvalue weighted by molar-refractivity contribution is 7.89. The molecule has 1 aliphatic rings. The van der Waals surface area contributed by atoms with E-state index >= 15 is 0 Å². The molecule has 3 rings (SSSR count). The van der Waals surface area contributed by atoms with Crippen molar-refractivity contribution in [3.05, 3.63) is 59.4 Å². The van der Waals surface area contributed by atoms with Gasteiger partial charge in [0, 0.05) is 24.4 Å². The lowest BCUT2D eigenvalue weighted by Gasteiger charge is -2.12. The number of benzene rings is 2. The van der Waals surface area contributed by atoms with Gasteiger partial charge in [0.1, 0.15) is 5.82 Å². The first-order valence-electron chi connectivity index (χ1n) is 8.64. The fourth-order valence-corrected chi connectivity index (χ4v) is 3.97. The number of aryl methyl sites for hydroxylation is 1. The summed E-state index contributed by atoms with van der Waals surface area (Å²) in [4.78, 5) is 12.5. The number of hydrogen-bond donors (Lipinski definition) is 2. The van der Waals surface area contributed by atoms with Crippen LogP contribution >= 0.6 is 0 Å². The molecule has 1 amide bonds. The Morgan fingerprint density at radius 3 is 2.78 bits per heavy atom. The molecule has 8 heteroatoms. The molecule has 1 atom stereocenters. The predicted octanol–water partition coefficient (Wildman–Crippen LogP) is 2.84. The molecule has 2 aromatic rings. The lowest BCUT2D eigenvalue weighted by molar-refractivity contribution is 0.102. The highest BCUT2D eigenvalue weighted by Crippen LogP contribution is 2.18. The van der Waals surface area contributed by atoms with Crippen molar-refractivity contribution in [3.8, 4) is 0 Å². The highest BCUT2D eigenvalue weighted by Gasteiger charge is 2.21. The maximum atomic E-state index is 13.2. The number of amides is 1. The number of carbonyl (C=O) groups excluding carboxylic acids is 1. The fraction of sp³-hybridized carbons (Fsp3) is 0.316. The molecule has 1 aliphatic heterocycles. The van der Waals surface area contributed by atoms with Crippen molar-refractivity contribution in [3.63, 3.8) is 0 Å². The topological polar surface area (TPSA) is 84.5 Å². The van der Waals surface area contributed by atoms with Gasteiger partial charge in [-0.2, -0.15) is 0 Å². The summed E-state index contributed by atoms with van der Waals surface area (Å²) in [6.07, 6.45) is 1.63. The molecule has 27 heavy (non-hydrogen) atoms. The zero-order chi connectivity index (χ0) is 19.4. The van der Waals surface area contributed by atoms with Gasteiger partial charge in [-0.15, -0.1) is 0 Å². The lowest BCUT2D eigenvalue weighted by Crippen LogP contribution is -2.32. The molecule has 0 aromatic heterocycles. The summed E-state index contributed by atoms with van der Waals surface area (Å²) in [7, 11) is -3.75. The molecular formula is C19H21FN2O4S. The molecular weight excluding hydrogens is 371 g/mol. The van der Waals surface area contributed by atoms with Crippen LogP contribution in [-0.2, 0) is 14.8 Å². The van der Waals surface area contributed by atoms with Gasteiger partial charge in [-0.05, 0) is 61.7 Å². The van der Waals surface area contributed by atoms with E-state index in [1.165, 1.54) is 42.5 Å². The van der Waals surface area contributed by atoms with E-state index in [2.05, 4.69) is 10.0 Å². The molecule has 2 aromatic carbocycles. The van der Waals surface area contributed by atoms with Crippen molar-refractivity contribution in [2.75, 3.05) is 18.5 Å². The fourth-order valence-electron chi connectivity index (χ4n) is 2.86. The Hall–Kier alpha value is -2.29. The van der Waals surface area contributed by atoms with E-state index in [9.17, 15) is 17.6 Å². The minimum atomic E-state index is -3.75. The van der Waals surface area contributed by atoms with Crippen LogP contribution in [0.15, 0.2) is 47.4 Å². The van der Waals surface area contributed by atoms with E-state index in [4.69, 9.17) is 4.74 Å². The van der Waals surface area contributed by atoms with Crippen molar-refractivity contribution in [2.45, 2.75) is 30.8 Å². The highest BCUT2D eigenvalue weighted by atomic mass is 32.2. The molecule has 144 valence electrons. The second-order valence-corrected chi connectivity index (χ2v) is 8.20. The van der Waals surface area contributed by atoms with Gasteiger partial charge in [0.05, 0.1) is 11.0 Å². The van der Waals surface area contributed by atoms with Crippen molar-refractivity contribution in [1.29, 1.82) is 0 Å². The summed E-state index contributed by atoms with van der Waals surface area (Å²) >= 11 is 0. The molecule has 6 nitrogen and oxygen atoms in total. The normalized spacial score (nSPS) is 17.0. The Labute approximate surface area is 157 Å². The predicted molar refractivity (Wildman–Crippen MR) is 99.7 cm³/mol. The third kappa shape index (κ3) is 4.91. The monoisotopic (exact) mass is 392 g/mol. The molecule has 0 aliphatic carbocycles. The second kappa shape index (κ2) is 8.16. The Morgan fingerprint density at radius 1 is 1.26 bits per heavy atom. The number of sulfonamides is 1. The number of ether oxygens (including phenoxy) is 1. The van der Waals surface area contributed by atoms with Crippen LogP contribution in [0.4, 0.5) is 10.1 Å². The van der Waals surface area contributed by atoms with Gasteiger partial charge in [0.25, 0.3) is 5.91 Å². The molecule has 2 N–H and O–H groups in total. The largest absolute Gasteiger partial charge is 0.377 e. The molecule has 1 unspecified atom stereocenters. The quantitative estimate of drug-likeness (QED) is 0.792. The third-order valence-corrected chi connectivity index (χ3v) is 5.79. The van der Waals surface area contributed by atoms with Crippen LogP contribution in [0.2, 0.25) is 0 Å². The maximum absolute atomic E-state index is 13.2. The SMILES string of the molecule is Cc1cc(F)ccc1NC(=O)c1cccc(S(=O)(=O)NCC2CCCO2)c1. The average molecular weight is 392 g/mol. The van der Waals surface area contributed by atoms with Crippen molar-refractivity contribution in [2.24, 2.45) is 0 Å². The van der Waals surface area contributed by atoms with E-state index in [-0.39, 0.29) is 23.1 Å². The van der Waals surface area contributed by atoms with Crippen LogP contribution in [0.5, 0.6) is 0 Å². The number of anilines is 1. The number of carbonyl (C=O) groups is 1. The number of hydrogen-bond acceptors (Lipinski definition) is 4. The molecule has 0 radical (unpaired) electrons. The Bertz CT molecular complexity index is 940. The van der Waals surface area contributed by atoms with Gasteiger partial charge in [0.15, 0.2) is 0 Å². The number of halogens is 1. The van der Waals surface area contributed by atoms with E-state index in [1.54, 1.807) is 6.92 Å². The van der Waals surface area contributed by atoms with Gasteiger partial charge in [-0.1, -0.05) is 6.07 Å². The van der Waals surface area contributed by atoms with Crippen molar-refractivity contribution in [1.82, 2.24) is 4.72 Å². The summed E-state index contributed by atoms with van der Waals surface area (Å²) in [6.45, 7) is 2.52. The Kier molecular flexibility index (Phi) is 5.88. The smallest absolute Gasteiger partial charge is 0.255 e. The molecule has 1 heterocycles. The first-order chi connectivity index (χ1) is 12.8. The van der Waals surface area contributed by atoms with Crippen molar-refractivity contribution >= 4 is 21.6 Å². The number of rotatable bonds is 6. The minimum Gasteiger partial charge on any atom is -0.377 e. The molecule has 1 fully saturated rings. The van der Waals surface area contributed by atoms with Crippen LogP contribution in [-0.4, -0.2) is 33.6 Å². The van der Waals surface area contributed by atoms with Gasteiger partial charge < -0.3 is 10.1 Å². The third-order valence-electron chi connectivity index (χ3n) is 4.37. The van der Waals surface area contributed by atoms with Crippen LogP contribution in [0.1, 0.15) is 28.8 Å². The first-order valence-corrected chi connectivity index (χ1v) is 10.1.